The molecule has 9 heteroatoms. The number of aryl methyl sites for hydroxylation is 1. The molecule has 4 rings (SSSR count). The number of nitrogens with one attached hydrogen (secondary N) is 1. The number of carbonyl (C=O) groups excluding carboxylic acids is 1. The van der Waals surface area contributed by atoms with Crippen LogP contribution in [0.15, 0.2) is 53.9 Å². The first kappa shape index (κ1) is 21.1. The molecule has 2 aromatic heterocycles. The van der Waals surface area contributed by atoms with Crippen LogP contribution in [-0.2, 0) is 4.74 Å². The number of nitrogens with zero attached hydrogens (tertiary/aromatic N) is 4. The van der Waals surface area contributed by atoms with E-state index in [0.29, 0.717) is 22.6 Å². The minimum atomic E-state index is -0.686. The lowest BCUT2D eigenvalue weighted by atomic mass is 9.95. The van der Waals surface area contributed by atoms with E-state index >= 15 is 0 Å². The lowest BCUT2D eigenvalue weighted by molar-refractivity contribution is 0.0635. The molecule has 0 radical (unpaired) electrons. The van der Waals surface area contributed by atoms with E-state index in [9.17, 15) is 4.79 Å². The second-order valence-corrected chi connectivity index (χ2v) is 8.40. The molecular formula is C23H24N6O3. The van der Waals surface area contributed by atoms with Crippen molar-refractivity contribution in [3.63, 3.8) is 0 Å². The van der Waals surface area contributed by atoms with E-state index in [2.05, 4.69) is 20.6 Å². The number of amides is 1. The zero-order valence-corrected chi connectivity index (χ0v) is 18.2. The van der Waals surface area contributed by atoms with Gasteiger partial charge in [-0.15, -0.1) is 0 Å². The summed E-state index contributed by atoms with van der Waals surface area (Å²) >= 11 is 0. The summed E-state index contributed by atoms with van der Waals surface area (Å²) < 4.78 is 6.93. The van der Waals surface area contributed by atoms with Crippen molar-refractivity contribution in [3.8, 4) is 11.1 Å². The first-order valence-corrected chi connectivity index (χ1v) is 10.0. The summed E-state index contributed by atoms with van der Waals surface area (Å²) in [7, 11) is 0. The lowest BCUT2D eigenvalue weighted by Crippen LogP contribution is -2.28. The number of oxime groups is 1. The Hall–Kier alpha value is -4.14. The predicted octanol–water partition coefficient (Wildman–Crippen LogP) is 4.30. The van der Waals surface area contributed by atoms with Gasteiger partial charge in [-0.1, -0.05) is 41.6 Å². The van der Waals surface area contributed by atoms with Gasteiger partial charge in [0.25, 0.3) is 0 Å². The number of amidine groups is 1. The summed E-state index contributed by atoms with van der Waals surface area (Å²) in [5.41, 5.74) is 8.32. The van der Waals surface area contributed by atoms with Crippen LogP contribution in [0.25, 0.3) is 27.5 Å². The van der Waals surface area contributed by atoms with Crippen molar-refractivity contribution in [1.29, 1.82) is 0 Å². The summed E-state index contributed by atoms with van der Waals surface area (Å²) in [5, 5.41) is 21.4. The molecule has 0 saturated carbocycles. The Labute approximate surface area is 184 Å². The molecule has 2 heterocycles. The summed E-state index contributed by atoms with van der Waals surface area (Å²) in [6, 6.07) is 12.0. The smallest absolute Gasteiger partial charge is 0.413 e. The van der Waals surface area contributed by atoms with E-state index in [1.807, 2.05) is 43.3 Å². The first-order valence-electron chi connectivity index (χ1n) is 10.0. The Bertz CT molecular complexity index is 1370. The highest BCUT2D eigenvalue weighted by molar-refractivity contribution is 6.05. The van der Waals surface area contributed by atoms with Gasteiger partial charge in [-0.2, -0.15) is 9.61 Å². The van der Waals surface area contributed by atoms with Gasteiger partial charge in [-0.25, -0.2) is 9.78 Å². The minimum absolute atomic E-state index is 0.134. The molecule has 0 aliphatic rings. The van der Waals surface area contributed by atoms with E-state index in [0.717, 1.165) is 21.9 Å². The van der Waals surface area contributed by atoms with E-state index < -0.39 is 11.7 Å². The second-order valence-electron chi connectivity index (χ2n) is 8.40. The predicted molar refractivity (Wildman–Crippen MR) is 123 cm³/mol. The number of hydrogen-bond donors (Lipinski definition) is 3. The molecule has 1 amide bonds. The van der Waals surface area contributed by atoms with E-state index in [-0.39, 0.29) is 5.84 Å². The molecule has 0 saturated heterocycles. The number of ether oxygens (including phenoxy) is 1. The van der Waals surface area contributed by atoms with E-state index in [1.54, 1.807) is 27.0 Å². The number of benzene rings is 2. The van der Waals surface area contributed by atoms with Crippen LogP contribution in [0.5, 0.6) is 0 Å². The standard InChI is InChI=1S/C23H24N6O3/c1-13-9-10-14-7-5-6-8-15(14)18(13)16-11-25-20-17(19(24)28-31)12-26-29(20)21(16)27-22(30)32-23(2,3)4/h5-12,31H,1-4H3,(H2,24,28)(H,27,30). The number of hydrogen-bond acceptors (Lipinski definition) is 6. The number of anilines is 1. The molecule has 0 fully saturated rings. The van der Waals surface area contributed by atoms with Gasteiger partial charge in [0.15, 0.2) is 11.5 Å². The number of rotatable bonds is 3. The van der Waals surface area contributed by atoms with E-state index in [1.165, 1.54) is 10.7 Å². The molecule has 0 aliphatic heterocycles. The lowest BCUT2D eigenvalue weighted by Gasteiger charge is -2.21. The molecule has 4 aromatic rings. The topological polar surface area (TPSA) is 127 Å². The maximum Gasteiger partial charge on any atom is 0.413 e. The van der Waals surface area contributed by atoms with Gasteiger partial charge in [-0.05, 0) is 49.6 Å². The summed E-state index contributed by atoms with van der Waals surface area (Å²) in [6.45, 7) is 7.35. The fraction of sp³-hybridized carbons (Fsp3) is 0.217. The highest BCUT2D eigenvalue weighted by Crippen LogP contribution is 2.36. The highest BCUT2D eigenvalue weighted by atomic mass is 16.6. The number of carbonyl (C=O) groups is 1. The van der Waals surface area contributed by atoms with Crippen LogP contribution in [0.4, 0.5) is 10.6 Å². The van der Waals surface area contributed by atoms with Gasteiger partial charge in [0.1, 0.15) is 11.4 Å². The third kappa shape index (κ3) is 3.80. The third-order valence-electron chi connectivity index (χ3n) is 4.94. The van der Waals surface area contributed by atoms with Crippen LogP contribution in [-0.4, -0.2) is 37.3 Å². The Balaban J connectivity index is 1.99. The largest absolute Gasteiger partial charge is 0.444 e. The molecule has 0 aliphatic carbocycles. The van der Waals surface area contributed by atoms with Crippen molar-refractivity contribution in [1.82, 2.24) is 14.6 Å². The monoisotopic (exact) mass is 432 g/mol. The van der Waals surface area contributed by atoms with Crippen molar-refractivity contribution < 1.29 is 14.7 Å². The number of aromatic nitrogens is 3. The van der Waals surface area contributed by atoms with Crippen LogP contribution in [0, 0.1) is 6.92 Å². The molecule has 4 N–H and O–H groups in total. The van der Waals surface area contributed by atoms with Crippen LogP contribution >= 0.6 is 0 Å². The van der Waals surface area contributed by atoms with Crippen LogP contribution < -0.4 is 11.1 Å². The third-order valence-corrected chi connectivity index (χ3v) is 4.94. The van der Waals surface area contributed by atoms with Crippen LogP contribution in [0.1, 0.15) is 31.9 Å². The fourth-order valence-electron chi connectivity index (χ4n) is 3.61. The zero-order chi connectivity index (χ0) is 23.0. The Morgan fingerprint density at radius 3 is 2.66 bits per heavy atom. The van der Waals surface area contributed by atoms with Crippen molar-refractivity contribution in [2.75, 3.05) is 5.32 Å². The molecule has 2 aromatic carbocycles. The Kier molecular flexibility index (Phi) is 5.17. The number of fused-ring (bicyclic) bond motifs is 2. The Morgan fingerprint density at radius 2 is 1.94 bits per heavy atom. The van der Waals surface area contributed by atoms with Gasteiger partial charge in [0.05, 0.1) is 11.8 Å². The van der Waals surface area contributed by atoms with Crippen molar-refractivity contribution >= 4 is 34.2 Å². The summed E-state index contributed by atoms with van der Waals surface area (Å²) in [6.07, 6.45) is 2.44. The quantitative estimate of drug-likeness (QED) is 0.192. The van der Waals surface area contributed by atoms with Crippen molar-refractivity contribution in [2.45, 2.75) is 33.3 Å². The molecule has 32 heavy (non-hydrogen) atoms. The zero-order valence-electron chi connectivity index (χ0n) is 18.2. The van der Waals surface area contributed by atoms with Crippen molar-refractivity contribution in [2.24, 2.45) is 10.9 Å². The van der Waals surface area contributed by atoms with Crippen LogP contribution in [0.3, 0.4) is 0 Å². The molecule has 164 valence electrons. The van der Waals surface area contributed by atoms with E-state index in [4.69, 9.17) is 15.7 Å². The molecule has 0 atom stereocenters. The normalized spacial score (nSPS) is 12.3. The minimum Gasteiger partial charge on any atom is -0.444 e. The van der Waals surface area contributed by atoms with Gasteiger partial charge in [0, 0.05) is 11.8 Å². The summed E-state index contributed by atoms with van der Waals surface area (Å²) in [4.78, 5) is 17.2. The average Bonchev–Trinajstić information content (AvgIpc) is 3.17. The van der Waals surface area contributed by atoms with Gasteiger partial charge in [-0.3, -0.25) is 5.32 Å². The van der Waals surface area contributed by atoms with Gasteiger partial charge in [0.2, 0.25) is 0 Å². The summed E-state index contributed by atoms with van der Waals surface area (Å²) in [5.74, 6) is 0.227. The number of nitrogens with two attached hydrogens (primary N) is 1. The fourth-order valence-corrected chi connectivity index (χ4v) is 3.61. The molecule has 9 nitrogen and oxygen atoms in total. The first-order chi connectivity index (χ1) is 15.2. The van der Waals surface area contributed by atoms with Gasteiger partial charge < -0.3 is 15.7 Å². The maximum atomic E-state index is 12.7. The molecular weight excluding hydrogens is 408 g/mol. The second kappa shape index (κ2) is 7.84. The van der Waals surface area contributed by atoms with Crippen LogP contribution in [0.2, 0.25) is 0 Å². The SMILES string of the molecule is Cc1ccc2ccccc2c1-c1cnc2c(/C(N)=N/O)cnn2c1NC(=O)OC(C)(C)C. The average molecular weight is 432 g/mol. The molecule has 0 spiro atoms. The highest BCUT2D eigenvalue weighted by Gasteiger charge is 2.23. The Morgan fingerprint density at radius 1 is 1.19 bits per heavy atom. The van der Waals surface area contributed by atoms with Crippen molar-refractivity contribution in [3.05, 3.63) is 59.9 Å². The van der Waals surface area contributed by atoms with Gasteiger partial charge >= 0.3 is 6.09 Å². The molecule has 0 bridgehead atoms. The molecule has 0 unspecified atom stereocenters. The maximum absolute atomic E-state index is 12.7.